The SMILES string of the molecule is CCC(C)(C)NC(=O)[C@H](c1ccc(OC)cc1)N(CCC1=CCCCC1)C(=O)Cn1nnc2ccccc21. The fourth-order valence-electron chi connectivity index (χ4n) is 4.80. The first kappa shape index (κ1) is 27.4. The van der Waals surface area contributed by atoms with Crippen LogP contribution < -0.4 is 10.1 Å². The molecule has 1 N–H and O–H groups in total. The lowest BCUT2D eigenvalue weighted by atomic mass is 9.95. The summed E-state index contributed by atoms with van der Waals surface area (Å²) in [4.78, 5) is 29.6. The van der Waals surface area contributed by atoms with Crippen LogP contribution in [0.15, 0.2) is 60.2 Å². The van der Waals surface area contributed by atoms with Gasteiger partial charge in [0.2, 0.25) is 11.8 Å². The normalized spacial score (nSPS) is 14.6. The molecule has 1 atom stereocenters. The van der Waals surface area contributed by atoms with Gasteiger partial charge in [-0.25, -0.2) is 4.68 Å². The van der Waals surface area contributed by atoms with Crippen molar-refractivity contribution in [2.45, 2.75) is 77.4 Å². The summed E-state index contributed by atoms with van der Waals surface area (Å²) in [5.74, 6) is 0.319. The topological polar surface area (TPSA) is 89.4 Å². The Morgan fingerprint density at radius 1 is 1.13 bits per heavy atom. The Labute approximate surface area is 225 Å². The van der Waals surface area contributed by atoms with Gasteiger partial charge >= 0.3 is 0 Å². The summed E-state index contributed by atoms with van der Waals surface area (Å²) < 4.78 is 6.96. The first-order valence-electron chi connectivity index (χ1n) is 13.5. The summed E-state index contributed by atoms with van der Waals surface area (Å²) in [6.45, 7) is 6.47. The number of hydrogen-bond donors (Lipinski definition) is 1. The molecule has 1 heterocycles. The summed E-state index contributed by atoms with van der Waals surface area (Å²) in [7, 11) is 1.61. The van der Waals surface area contributed by atoms with Crippen LogP contribution in [0.3, 0.4) is 0 Å². The van der Waals surface area contributed by atoms with Gasteiger partial charge in [0.1, 0.15) is 23.9 Å². The van der Waals surface area contributed by atoms with Gasteiger partial charge in [0.05, 0.1) is 12.6 Å². The van der Waals surface area contributed by atoms with Crippen molar-refractivity contribution >= 4 is 22.8 Å². The number of hydrogen-bond acceptors (Lipinski definition) is 5. The lowest BCUT2D eigenvalue weighted by Gasteiger charge is -2.35. The van der Waals surface area contributed by atoms with Crippen molar-refractivity contribution in [2.24, 2.45) is 0 Å². The third kappa shape index (κ3) is 6.60. The van der Waals surface area contributed by atoms with Gasteiger partial charge in [0, 0.05) is 12.1 Å². The molecular weight excluding hydrogens is 478 g/mol. The molecular formula is C30H39N5O3. The van der Waals surface area contributed by atoms with Crippen LogP contribution >= 0.6 is 0 Å². The molecule has 0 saturated heterocycles. The zero-order valence-electron chi connectivity index (χ0n) is 22.9. The van der Waals surface area contributed by atoms with Crippen LogP contribution in [0.25, 0.3) is 11.0 Å². The molecule has 2 amide bonds. The fraction of sp³-hybridized carbons (Fsp3) is 0.467. The summed E-state index contributed by atoms with van der Waals surface area (Å²) >= 11 is 0. The highest BCUT2D eigenvalue weighted by Crippen LogP contribution is 2.28. The molecule has 8 nitrogen and oxygen atoms in total. The highest BCUT2D eigenvalue weighted by atomic mass is 16.5. The molecule has 3 aromatic rings. The maximum Gasteiger partial charge on any atom is 0.247 e. The standard InChI is InChI=1S/C30H39N5O3/c1-5-30(2,3)31-29(37)28(23-15-17-24(38-4)18-16-23)34(20-19-22-11-7-6-8-12-22)27(36)21-35-26-14-10-9-13-25(26)32-33-35/h9-11,13-18,28H,5-8,12,19-21H2,1-4H3,(H,31,37)/t28-/m0/s1. The second-order valence-electron chi connectivity index (χ2n) is 10.6. The minimum absolute atomic E-state index is 0.00331. The van der Waals surface area contributed by atoms with Crippen LogP contribution in [0.1, 0.15) is 70.9 Å². The molecule has 1 aromatic heterocycles. The number of nitrogens with zero attached hydrogens (tertiary/aromatic N) is 4. The largest absolute Gasteiger partial charge is 0.497 e. The number of amides is 2. The van der Waals surface area contributed by atoms with Crippen LogP contribution in [0.2, 0.25) is 0 Å². The van der Waals surface area contributed by atoms with E-state index in [1.165, 1.54) is 12.0 Å². The smallest absolute Gasteiger partial charge is 0.247 e. The Balaban J connectivity index is 1.70. The number of ether oxygens (including phenoxy) is 1. The summed E-state index contributed by atoms with van der Waals surface area (Å²) in [5, 5.41) is 11.6. The first-order valence-corrected chi connectivity index (χ1v) is 13.5. The Bertz CT molecular complexity index is 1280. The average Bonchev–Trinajstić information content (AvgIpc) is 3.34. The van der Waals surface area contributed by atoms with E-state index in [9.17, 15) is 9.59 Å². The van der Waals surface area contributed by atoms with Gasteiger partial charge in [-0.15, -0.1) is 5.10 Å². The quantitative estimate of drug-likeness (QED) is 0.353. The van der Waals surface area contributed by atoms with E-state index in [1.807, 2.05) is 69.3 Å². The molecule has 0 fully saturated rings. The van der Waals surface area contributed by atoms with Crippen molar-refractivity contribution in [2.75, 3.05) is 13.7 Å². The predicted octanol–water partition coefficient (Wildman–Crippen LogP) is 5.21. The lowest BCUT2D eigenvalue weighted by Crippen LogP contribution is -2.51. The van der Waals surface area contributed by atoms with Crippen LogP contribution in [0.4, 0.5) is 0 Å². The van der Waals surface area contributed by atoms with Crippen LogP contribution in [-0.4, -0.2) is 50.9 Å². The van der Waals surface area contributed by atoms with Gasteiger partial charge in [-0.1, -0.05) is 48.1 Å². The zero-order chi connectivity index (χ0) is 27.1. The molecule has 0 saturated carbocycles. The number of methoxy groups -OCH3 is 1. The average molecular weight is 518 g/mol. The molecule has 38 heavy (non-hydrogen) atoms. The monoisotopic (exact) mass is 517 g/mol. The first-order chi connectivity index (χ1) is 18.3. The Morgan fingerprint density at radius 3 is 2.58 bits per heavy atom. The summed E-state index contributed by atoms with van der Waals surface area (Å²) in [6.07, 6.45) is 8.27. The molecule has 0 radical (unpaired) electrons. The number of carbonyl (C=O) groups excluding carboxylic acids is 2. The van der Waals surface area contributed by atoms with Crippen molar-refractivity contribution in [3.05, 3.63) is 65.7 Å². The number of allylic oxidation sites excluding steroid dienone is 1. The minimum atomic E-state index is -0.793. The number of rotatable bonds is 11. The van der Waals surface area contributed by atoms with E-state index in [1.54, 1.807) is 16.7 Å². The Morgan fingerprint density at radius 2 is 1.89 bits per heavy atom. The van der Waals surface area contributed by atoms with Crippen LogP contribution in [0.5, 0.6) is 5.75 Å². The van der Waals surface area contributed by atoms with E-state index in [0.717, 1.165) is 48.7 Å². The predicted molar refractivity (Wildman–Crippen MR) is 149 cm³/mol. The zero-order valence-corrected chi connectivity index (χ0v) is 22.9. The number of aromatic nitrogens is 3. The van der Waals surface area contributed by atoms with Crippen molar-refractivity contribution < 1.29 is 14.3 Å². The molecule has 4 rings (SSSR count). The van der Waals surface area contributed by atoms with E-state index in [0.29, 0.717) is 12.3 Å². The molecule has 0 spiro atoms. The van der Waals surface area contributed by atoms with Gasteiger partial charge in [-0.05, 0) is 82.2 Å². The van der Waals surface area contributed by atoms with E-state index < -0.39 is 11.6 Å². The number of benzene rings is 2. The van der Waals surface area contributed by atoms with Gasteiger partial charge in [-0.2, -0.15) is 0 Å². The van der Waals surface area contributed by atoms with Gasteiger partial charge < -0.3 is 15.0 Å². The summed E-state index contributed by atoms with van der Waals surface area (Å²) in [6, 6.07) is 14.2. The molecule has 0 bridgehead atoms. The molecule has 0 aliphatic heterocycles. The van der Waals surface area contributed by atoms with E-state index in [4.69, 9.17) is 4.74 Å². The lowest BCUT2D eigenvalue weighted by molar-refractivity contribution is -0.142. The third-order valence-electron chi connectivity index (χ3n) is 7.42. The van der Waals surface area contributed by atoms with Crippen LogP contribution in [-0.2, 0) is 16.1 Å². The minimum Gasteiger partial charge on any atom is -0.497 e. The second kappa shape index (κ2) is 12.2. The van der Waals surface area contributed by atoms with E-state index >= 15 is 0 Å². The Hall–Kier alpha value is -3.68. The van der Waals surface area contributed by atoms with Gasteiger partial charge in [0.25, 0.3) is 0 Å². The number of carbonyl (C=O) groups is 2. The van der Waals surface area contributed by atoms with Gasteiger partial charge in [-0.3, -0.25) is 9.59 Å². The van der Waals surface area contributed by atoms with Crippen LogP contribution in [0, 0.1) is 0 Å². The molecule has 202 valence electrons. The number of nitrogens with one attached hydrogen (secondary N) is 1. The second-order valence-corrected chi connectivity index (χ2v) is 10.6. The molecule has 1 aliphatic rings. The molecule has 8 heteroatoms. The number of para-hydroxylation sites is 1. The summed E-state index contributed by atoms with van der Waals surface area (Å²) in [5.41, 5.74) is 3.19. The van der Waals surface area contributed by atoms with E-state index in [-0.39, 0.29) is 18.4 Å². The van der Waals surface area contributed by atoms with Crippen molar-refractivity contribution in [3.63, 3.8) is 0 Å². The third-order valence-corrected chi connectivity index (χ3v) is 7.42. The molecule has 1 aliphatic carbocycles. The van der Waals surface area contributed by atoms with Crippen molar-refractivity contribution in [3.8, 4) is 5.75 Å². The highest BCUT2D eigenvalue weighted by molar-refractivity contribution is 5.89. The Kier molecular flexibility index (Phi) is 8.81. The molecule has 0 unspecified atom stereocenters. The highest BCUT2D eigenvalue weighted by Gasteiger charge is 2.34. The number of fused-ring (bicyclic) bond motifs is 1. The fourth-order valence-corrected chi connectivity index (χ4v) is 4.80. The van der Waals surface area contributed by atoms with Gasteiger partial charge in [0.15, 0.2) is 0 Å². The van der Waals surface area contributed by atoms with Crippen molar-refractivity contribution in [1.29, 1.82) is 0 Å². The molecule has 2 aromatic carbocycles. The van der Waals surface area contributed by atoms with Crippen molar-refractivity contribution in [1.82, 2.24) is 25.2 Å². The maximum atomic E-state index is 14.0. The van der Waals surface area contributed by atoms with E-state index in [2.05, 4.69) is 21.7 Å². The maximum absolute atomic E-state index is 14.0.